The Balaban J connectivity index is 2.17. The standard InChI is InChI=1S/C19H17N/c1-16-10-4-2-5-11-17-12-8-9-15-19(17)20(16)18-13-6-3-7-14-18/h2-10,12-15H,1,11H2/b5-2-,10-4-. The van der Waals surface area contributed by atoms with Crippen LogP contribution in [0.2, 0.25) is 0 Å². The molecule has 0 aromatic heterocycles. The Morgan fingerprint density at radius 3 is 2.45 bits per heavy atom. The van der Waals surface area contributed by atoms with Crippen LogP contribution in [0.25, 0.3) is 0 Å². The van der Waals surface area contributed by atoms with Crippen LogP contribution in [0.5, 0.6) is 0 Å². The molecule has 1 heteroatoms. The Morgan fingerprint density at radius 1 is 0.850 bits per heavy atom. The molecule has 1 aliphatic heterocycles. The molecule has 3 rings (SSSR count). The van der Waals surface area contributed by atoms with Gasteiger partial charge >= 0.3 is 0 Å². The van der Waals surface area contributed by atoms with Gasteiger partial charge in [-0.15, -0.1) is 0 Å². The highest BCUT2D eigenvalue weighted by atomic mass is 15.1. The van der Waals surface area contributed by atoms with Gasteiger partial charge in [0.2, 0.25) is 0 Å². The number of fused-ring (bicyclic) bond motifs is 1. The molecule has 0 fully saturated rings. The molecule has 0 bridgehead atoms. The van der Waals surface area contributed by atoms with Crippen LogP contribution in [0.3, 0.4) is 0 Å². The van der Waals surface area contributed by atoms with Crippen molar-refractivity contribution in [1.29, 1.82) is 0 Å². The minimum absolute atomic E-state index is 0.928. The molecule has 0 N–H and O–H groups in total. The molecule has 2 aromatic carbocycles. The van der Waals surface area contributed by atoms with Crippen LogP contribution >= 0.6 is 0 Å². The van der Waals surface area contributed by atoms with Crippen molar-refractivity contribution in [3.8, 4) is 0 Å². The van der Waals surface area contributed by atoms with Crippen molar-refractivity contribution in [2.75, 3.05) is 4.90 Å². The van der Waals surface area contributed by atoms with E-state index in [0.717, 1.165) is 17.8 Å². The van der Waals surface area contributed by atoms with E-state index in [4.69, 9.17) is 0 Å². The van der Waals surface area contributed by atoms with E-state index in [-0.39, 0.29) is 0 Å². The number of rotatable bonds is 1. The highest BCUT2D eigenvalue weighted by Crippen LogP contribution is 2.33. The lowest BCUT2D eigenvalue weighted by Gasteiger charge is -2.27. The predicted octanol–water partition coefficient (Wildman–Crippen LogP) is 5.01. The van der Waals surface area contributed by atoms with Gasteiger partial charge in [0, 0.05) is 17.1 Å². The van der Waals surface area contributed by atoms with Crippen molar-refractivity contribution in [2.24, 2.45) is 0 Å². The molecule has 1 heterocycles. The Morgan fingerprint density at radius 2 is 1.60 bits per heavy atom. The third kappa shape index (κ3) is 2.43. The van der Waals surface area contributed by atoms with E-state index in [1.165, 1.54) is 11.3 Å². The largest absolute Gasteiger partial charge is 0.311 e. The number of anilines is 2. The molecule has 1 aliphatic rings. The van der Waals surface area contributed by atoms with Crippen LogP contribution < -0.4 is 4.90 Å². The van der Waals surface area contributed by atoms with Gasteiger partial charge in [-0.3, -0.25) is 0 Å². The van der Waals surface area contributed by atoms with Crippen molar-refractivity contribution in [1.82, 2.24) is 0 Å². The van der Waals surface area contributed by atoms with Crippen molar-refractivity contribution in [3.63, 3.8) is 0 Å². The summed E-state index contributed by atoms with van der Waals surface area (Å²) in [5, 5.41) is 0. The SMILES string of the molecule is C=C1/C=C\C=C/Cc2ccccc2N1c1ccccc1. The maximum Gasteiger partial charge on any atom is 0.0496 e. The molecular weight excluding hydrogens is 242 g/mol. The third-order valence-electron chi connectivity index (χ3n) is 3.41. The summed E-state index contributed by atoms with van der Waals surface area (Å²) in [5.74, 6) is 0. The van der Waals surface area contributed by atoms with Crippen molar-refractivity contribution >= 4 is 11.4 Å². The first-order valence-corrected chi connectivity index (χ1v) is 6.81. The van der Waals surface area contributed by atoms with Crippen LogP contribution in [-0.2, 0) is 6.42 Å². The number of benzene rings is 2. The average molecular weight is 259 g/mol. The highest BCUT2D eigenvalue weighted by Gasteiger charge is 2.14. The van der Waals surface area contributed by atoms with Crippen molar-refractivity contribution in [2.45, 2.75) is 6.42 Å². The molecule has 0 saturated heterocycles. The summed E-state index contributed by atoms with van der Waals surface area (Å²) in [7, 11) is 0. The predicted molar refractivity (Wildman–Crippen MR) is 86.1 cm³/mol. The first kappa shape index (κ1) is 12.5. The minimum Gasteiger partial charge on any atom is -0.311 e. The van der Waals surface area contributed by atoms with Gasteiger partial charge in [0.15, 0.2) is 0 Å². The van der Waals surface area contributed by atoms with Crippen LogP contribution in [0.15, 0.2) is 91.2 Å². The summed E-state index contributed by atoms with van der Waals surface area (Å²) in [6.45, 7) is 4.22. The minimum atomic E-state index is 0.928. The Bertz CT molecular complexity index is 665. The second-order valence-electron chi connectivity index (χ2n) is 4.78. The zero-order valence-corrected chi connectivity index (χ0v) is 11.4. The Labute approximate surface area is 120 Å². The van der Waals surface area contributed by atoms with Crippen LogP contribution in [0.4, 0.5) is 11.4 Å². The first-order chi connectivity index (χ1) is 9.86. The van der Waals surface area contributed by atoms with Gasteiger partial charge in [-0.25, -0.2) is 0 Å². The molecule has 0 saturated carbocycles. The molecule has 2 aromatic rings. The lowest BCUT2D eigenvalue weighted by atomic mass is 10.1. The van der Waals surface area contributed by atoms with Gasteiger partial charge in [0.1, 0.15) is 0 Å². The fourth-order valence-electron chi connectivity index (χ4n) is 2.45. The quantitative estimate of drug-likeness (QED) is 0.696. The molecule has 0 radical (unpaired) electrons. The van der Waals surface area contributed by atoms with Crippen molar-refractivity contribution < 1.29 is 0 Å². The molecule has 0 spiro atoms. The number of hydrogen-bond acceptors (Lipinski definition) is 1. The maximum atomic E-state index is 4.22. The van der Waals surface area contributed by atoms with E-state index in [1.807, 2.05) is 18.2 Å². The topological polar surface area (TPSA) is 3.24 Å². The number of allylic oxidation sites excluding steroid dienone is 4. The van der Waals surface area contributed by atoms with Crippen LogP contribution in [0, 0.1) is 0 Å². The van der Waals surface area contributed by atoms with Gasteiger partial charge in [-0.05, 0) is 36.3 Å². The molecule has 20 heavy (non-hydrogen) atoms. The Hall–Kier alpha value is -2.54. The highest BCUT2D eigenvalue weighted by molar-refractivity contribution is 5.72. The Kier molecular flexibility index (Phi) is 3.51. The van der Waals surface area contributed by atoms with E-state index in [9.17, 15) is 0 Å². The van der Waals surface area contributed by atoms with E-state index in [0.29, 0.717) is 0 Å². The normalized spacial score (nSPS) is 17.6. The van der Waals surface area contributed by atoms with Gasteiger partial charge < -0.3 is 4.90 Å². The van der Waals surface area contributed by atoms with Gasteiger partial charge in [-0.2, -0.15) is 0 Å². The van der Waals surface area contributed by atoms with E-state index < -0.39 is 0 Å². The summed E-state index contributed by atoms with van der Waals surface area (Å²) in [6.07, 6.45) is 9.28. The zero-order valence-electron chi connectivity index (χ0n) is 11.4. The van der Waals surface area contributed by atoms with E-state index in [1.54, 1.807) is 0 Å². The number of para-hydroxylation sites is 2. The summed E-state index contributed by atoms with van der Waals surface area (Å²) >= 11 is 0. The second-order valence-corrected chi connectivity index (χ2v) is 4.78. The summed E-state index contributed by atoms with van der Waals surface area (Å²) < 4.78 is 0. The third-order valence-corrected chi connectivity index (χ3v) is 3.41. The molecule has 0 aliphatic carbocycles. The molecule has 0 amide bonds. The summed E-state index contributed by atoms with van der Waals surface area (Å²) in [6, 6.07) is 18.9. The van der Waals surface area contributed by atoms with Gasteiger partial charge in [-0.1, -0.05) is 61.2 Å². The average Bonchev–Trinajstić information content (AvgIpc) is 2.57. The fraction of sp³-hybridized carbons (Fsp3) is 0.0526. The molecule has 1 nitrogen and oxygen atoms in total. The smallest absolute Gasteiger partial charge is 0.0496 e. The first-order valence-electron chi connectivity index (χ1n) is 6.81. The van der Waals surface area contributed by atoms with Crippen LogP contribution in [-0.4, -0.2) is 0 Å². The molecular formula is C19H17N. The fourth-order valence-corrected chi connectivity index (χ4v) is 2.45. The lowest BCUT2D eigenvalue weighted by Crippen LogP contribution is -2.15. The van der Waals surface area contributed by atoms with E-state index >= 15 is 0 Å². The van der Waals surface area contributed by atoms with Crippen molar-refractivity contribution in [3.05, 3.63) is 96.7 Å². The lowest BCUT2D eigenvalue weighted by molar-refractivity contribution is 1.16. The van der Waals surface area contributed by atoms with Gasteiger partial charge in [0.25, 0.3) is 0 Å². The van der Waals surface area contributed by atoms with E-state index in [2.05, 4.69) is 72.2 Å². The van der Waals surface area contributed by atoms with Gasteiger partial charge in [0.05, 0.1) is 0 Å². The molecule has 0 atom stereocenters. The number of nitrogens with zero attached hydrogens (tertiary/aromatic N) is 1. The maximum absolute atomic E-state index is 4.22. The summed E-state index contributed by atoms with van der Waals surface area (Å²) in [5.41, 5.74) is 4.60. The molecule has 0 unspecified atom stereocenters. The second kappa shape index (κ2) is 5.62. The summed E-state index contributed by atoms with van der Waals surface area (Å²) in [4.78, 5) is 2.21. The monoisotopic (exact) mass is 259 g/mol. The molecule has 98 valence electrons. The zero-order chi connectivity index (χ0) is 13.8. The van der Waals surface area contributed by atoms with Crippen LogP contribution in [0.1, 0.15) is 5.56 Å². The number of hydrogen-bond donors (Lipinski definition) is 0.